The molecule has 1 N–H and O–H groups in total. The van der Waals surface area contributed by atoms with E-state index in [1.807, 2.05) is 43.3 Å². The van der Waals surface area contributed by atoms with Crippen molar-refractivity contribution in [3.63, 3.8) is 0 Å². The van der Waals surface area contributed by atoms with Gasteiger partial charge < -0.3 is 19.4 Å². The van der Waals surface area contributed by atoms with Crippen LogP contribution < -0.4 is 5.32 Å². The summed E-state index contributed by atoms with van der Waals surface area (Å²) in [4.78, 5) is 18.2. The van der Waals surface area contributed by atoms with Crippen LogP contribution in [-0.4, -0.2) is 41.8 Å². The number of hydrogen-bond acceptors (Lipinski definition) is 5. The number of alkyl halides is 1. The first-order valence-corrected chi connectivity index (χ1v) is 9.78. The van der Waals surface area contributed by atoms with Crippen LogP contribution in [0, 0.1) is 12.8 Å². The lowest BCUT2D eigenvalue weighted by Crippen LogP contribution is -2.46. The summed E-state index contributed by atoms with van der Waals surface area (Å²) < 4.78 is 25.3. The van der Waals surface area contributed by atoms with Crippen LogP contribution in [0.15, 0.2) is 53.1 Å². The van der Waals surface area contributed by atoms with Crippen LogP contribution in [0.1, 0.15) is 17.5 Å². The lowest BCUT2D eigenvalue weighted by molar-refractivity contribution is 0.0544. The van der Waals surface area contributed by atoms with Crippen LogP contribution in [0.2, 0.25) is 0 Å². The Morgan fingerprint density at radius 3 is 2.90 bits per heavy atom. The molecule has 0 saturated carbocycles. The summed E-state index contributed by atoms with van der Waals surface area (Å²) in [6, 6.07) is 13.2. The van der Waals surface area contributed by atoms with Crippen molar-refractivity contribution in [3.05, 3.63) is 59.9 Å². The number of amides is 1. The second-order valence-corrected chi connectivity index (χ2v) is 7.43. The van der Waals surface area contributed by atoms with Gasteiger partial charge in [-0.15, -0.1) is 0 Å². The first-order chi connectivity index (χ1) is 14.1. The van der Waals surface area contributed by atoms with Gasteiger partial charge in [-0.05, 0) is 31.0 Å². The van der Waals surface area contributed by atoms with Crippen LogP contribution in [-0.2, 0) is 11.3 Å². The minimum absolute atomic E-state index is 0.0489. The number of furan rings is 1. The maximum atomic E-state index is 14.6. The largest absolute Gasteiger partial charge is 0.463 e. The van der Waals surface area contributed by atoms with Crippen molar-refractivity contribution in [2.45, 2.75) is 26.1 Å². The minimum Gasteiger partial charge on any atom is -0.463 e. The van der Waals surface area contributed by atoms with E-state index in [0.717, 1.165) is 22.2 Å². The Morgan fingerprint density at radius 1 is 1.28 bits per heavy atom. The van der Waals surface area contributed by atoms with Gasteiger partial charge in [-0.3, -0.25) is 0 Å². The SMILES string of the molecule is Cc1ccc(COC(=O)N2CC[C@H](CNc3ccc4occc4n3)[C@H](F)C2)cc1. The van der Waals surface area contributed by atoms with Crippen molar-refractivity contribution < 1.29 is 18.3 Å². The molecule has 4 rings (SSSR count). The van der Waals surface area contributed by atoms with E-state index in [4.69, 9.17) is 9.15 Å². The Labute approximate surface area is 168 Å². The molecular formula is C22H24FN3O3. The fourth-order valence-electron chi connectivity index (χ4n) is 3.46. The molecule has 7 heteroatoms. The smallest absolute Gasteiger partial charge is 0.410 e. The van der Waals surface area contributed by atoms with Crippen molar-refractivity contribution >= 4 is 23.0 Å². The Balaban J connectivity index is 1.25. The van der Waals surface area contributed by atoms with Crippen LogP contribution >= 0.6 is 0 Å². The number of aromatic nitrogens is 1. The summed E-state index contributed by atoms with van der Waals surface area (Å²) in [5.41, 5.74) is 3.55. The number of fused-ring (bicyclic) bond motifs is 1. The first kappa shape index (κ1) is 19.2. The second kappa shape index (κ2) is 8.51. The molecule has 0 aliphatic carbocycles. The number of piperidine rings is 1. The van der Waals surface area contributed by atoms with Crippen molar-refractivity contribution in [2.75, 3.05) is 25.0 Å². The van der Waals surface area contributed by atoms with Crippen molar-refractivity contribution in [2.24, 2.45) is 5.92 Å². The summed E-state index contributed by atoms with van der Waals surface area (Å²) in [5, 5.41) is 3.19. The zero-order valence-corrected chi connectivity index (χ0v) is 16.3. The third kappa shape index (κ3) is 4.67. The minimum atomic E-state index is -1.11. The van der Waals surface area contributed by atoms with E-state index >= 15 is 0 Å². The molecule has 1 aliphatic heterocycles. The number of nitrogens with zero attached hydrogens (tertiary/aromatic N) is 2. The first-order valence-electron chi connectivity index (χ1n) is 9.78. The number of benzene rings is 1. The molecule has 1 fully saturated rings. The Hall–Kier alpha value is -3.09. The van der Waals surface area contributed by atoms with Gasteiger partial charge in [0, 0.05) is 25.1 Å². The molecule has 1 saturated heterocycles. The highest BCUT2D eigenvalue weighted by Gasteiger charge is 2.32. The van der Waals surface area contributed by atoms with E-state index in [1.54, 1.807) is 12.3 Å². The number of anilines is 1. The molecular weight excluding hydrogens is 373 g/mol. The predicted molar refractivity (Wildman–Crippen MR) is 108 cm³/mol. The molecule has 0 bridgehead atoms. The van der Waals surface area contributed by atoms with E-state index in [0.29, 0.717) is 25.3 Å². The van der Waals surface area contributed by atoms with E-state index in [-0.39, 0.29) is 19.1 Å². The van der Waals surface area contributed by atoms with Gasteiger partial charge in [0.2, 0.25) is 0 Å². The molecule has 2 aromatic heterocycles. The maximum Gasteiger partial charge on any atom is 0.410 e. The van der Waals surface area contributed by atoms with Crippen LogP contribution in [0.5, 0.6) is 0 Å². The molecule has 29 heavy (non-hydrogen) atoms. The van der Waals surface area contributed by atoms with Gasteiger partial charge >= 0.3 is 6.09 Å². The highest BCUT2D eigenvalue weighted by atomic mass is 19.1. The van der Waals surface area contributed by atoms with Gasteiger partial charge in [-0.25, -0.2) is 14.2 Å². The molecule has 0 spiro atoms. The fourth-order valence-corrected chi connectivity index (χ4v) is 3.46. The zero-order valence-electron chi connectivity index (χ0n) is 16.3. The van der Waals surface area contributed by atoms with E-state index in [1.165, 1.54) is 4.90 Å². The molecule has 3 heterocycles. The van der Waals surface area contributed by atoms with Gasteiger partial charge in [0.05, 0.1) is 12.8 Å². The number of carbonyl (C=O) groups excluding carboxylic acids is 1. The Bertz CT molecular complexity index is 973. The molecule has 1 aromatic carbocycles. The second-order valence-electron chi connectivity index (χ2n) is 7.43. The van der Waals surface area contributed by atoms with Crippen LogP contribution in [0.25, 0.3) is 11.1 Å². The zero-order chi connectivity index (χ0) is 20.2. The number of ether oxygens (including phenoxy) is 1. The summed E-state index contributed by atoms with van der Waals surface area (Å²) in [7, 11) is 0. The summed E-state index contributed by atoms with van der Waals surface area (Å²) in [6.45, 7) is 3.19. The van der Waals surface area contributed by atoms with E-state index < -0.39 is 12.3 Å². The summed E-state index contributed by atoms with van der Waals surface area (Å²) in [6.07, 6.45) is 0.585. The molecule has 0 unspecified atom stereocenters. The number of nitrogens with one attached hydrogen (secondary N) is 1. The third-order valence-electron chi connectivity index (χ3n) is 5.27. The molecule has 0 radical (unpaired) electrons. The Morgan fingerprint density at radius 2 is 2.10 bits per heavy atom. The highest BCUT2D eigenvalue weighted by molar-refractivity contribution is 5.74. The average Bonchev–Trinajstić information content (AvgIpc) is 3.20. The quantitative estimate of drug-likeness (QED) is 0.684. The highest BCUT2D eigenvalue weighted by Crippen LogP contribution is 2.23. The summed E-state index contributed by atoms with van der Waals surface area (Å²) >= 11 is 0. The number of pyridine rings is 1. The number of aryl methyl sites for hydroxylation is 1. The van der Waals surface area contributed by atoms with Gasteiger partial charge in [-0.1, -0.05) is 29.8 Å². The van der Waals surface area contributed by atoms with E-state index in [9.17, 15) is 9.18 Å². The predicted octanol–water partition coefficient (Wildman–Crippen LogP) is 4.54. The number of likely N-dealkylation sites (tertiary alicyclic amines) is 1. The topological polar surface area (TPSA) is 67.6 Å². The van der Waals surface area contributed by atoms with Crippen molar-refractivity contribution in [1.82, 2.24) is 9.88 Å². The third-order valence-corrected chi connectivity index (χ3v) is 5.27. The molecule has 6 nitrogen and oxygen atoms in total. The fraction of sp³-hybridized carbons (Fsp3) is 0.364. The lowest BCUT2D eigenvalue weighted by atomic mass is 9.95. The number of carbonyl (C=O) groups is 1. The van der Waals surface area contributed by atoms with Gasteiger partial charge in [0.25, 0.3) is 0 Å². The molecule has 2 atom stereocenters. The lowest BCUT2D eigenvalue weighted by Gasteiger charge is -2.34. The van der Waals surface area contributed by atoms with Crippen LogP contribution in [0.4, 0.5) is 15.0 Å². The molecule has 3 aromatic rings. The van der Waals surface area contributed by atoms with Gasteiger partial charge in [0.1, 0.15) is 24.1 Å². The van der Waals surface area contributed by atoms with Crippen molar-refractivity contribution in [1.29, 1.82) is 0 Å². The monoisotopic (exact) mass is 397 g/mol. The van der Waals surface area contributed by atoms with Gasteiger partial charge in [-0.2, -0.15) is 0 Å². The van der Waals surface area contributed by atoms with Crippen LogP contribution in [0.3, 0.4) is 0 Å². The maximum absolute atomic E-state index is 14.6. The molecule has 152 valence electrons. The summed E-state index contributed by atoms with van der Waals surface area (Å²) in [5.74, 6) is 0.504. The normalized spacial score (nSPS) is 19.3. The van der Waals surface area contributed by atoms with Gasteiger partial charge in [0.15, 0.2) is 5.58 Å². The van der Waals surface area contributed by atoms with E-state index in [2.05, 4.69) is 10.3 Å². The number of hydrogen-bond donors (Lipinski definition) is 1. The number of rotatable bonds is 5. The average molecular weight is 397 g/mol. The Kier molecular flexibility index (Phi) is 5.64. The standard InChI is InChI=1S/C22H24FN3O3/c1-15-2-4-16(5-3-15)14-29-22(27)26-10-8-17(18(23)13-26)12-24-21-7-6-20-19(25-21)9-11-28-20/h2-7,9,11,17-18H,8,10,12-14H2,1H3,(H,24,25)/t17-,18-/m1/s1. The van der Waals surface area contributed by atoms with Crippen molar-refractivity contribution in [3.8, 4) is 0 Å². The molecule has 1 aliphatic rings. The number of halogens is 1. The molecule has 1 amide bonds.